The Bertz CT molecular complexity index is 703. The van der Waals surface area contributed by atoms with E-state index in [2.05, 4.69) is 29.1 Å². The van der Waals surface area contributed by atoms with Crippen molar-refractivity contribution in [2.24, 2.45) is 5.92 Å². The van der Waals surface area contributed by atoms with E-state index in [0.717, 1.165) is 17.5 Å². The molecule has 0 aliphatic rings. The van der Waals surface area contributed by atoms with Crippen molar-refractivity contribution in [3.8, 4) is 11.3 Å². The monoisotopic (exact) mass is 299 g/mol. The lowest BCUT2D eigenvalue weighted by Crippen LogP contribution is -2.28. The van der Waals surface area contributed by atoms with E-state index in [1.807, 2.05) is 31.2 Å². The summed E-state index contributed by atoms with van der Waals surface area (Å²) in [6.07, 6.45) is 0.895. The van der Waals surface area contributed by atoms with Gasteiger partial charge in [-0.3, -0.25) is 4.79 Å². The van der Waals surface area contributed by atoms with Crippen LogP contribution in [0.2, 0.25) is 0 Å². The average molecular weight is 299 g/mol. The van der Waals surface area contributed by atoms with Crippen LogP contribution in [0.1, 0.15) is 36.3 Å². The third kappa shape index (κ3) is 4.28. The Morgan fingerprint density at radius 1 is 1.27 bits per heavy atom. The third-order valence-corrected chi connectivity index (χ3v) is 3.34. The Hall–Kier alpha value is -2.43. The number of amides is 1. The van der Waals surface area contributed by atoms with Gasteiger partial charge in [0.1, 0.15) is 5.69 Å². The molecule has 0 spiro atoms. The maximum Gasteiger partial charge on any atom is 0.346 e. The van der Waals surface area contributed by atoms with Gasteiger partial charge in [0.15, 0.2) is 0 Å². The van der Waals surface area contributed by atoms with E-state index in [4.69, 9.17) is 0 Å². The van der Waals surface area contributed by atoms with Gasteiger partial charge in [0.25, 0.3) is 5.91 Å². The molecule has 0 aliphatic carbocycles. The molecular weight excluding hydrogens is 278 g/mol. The summed E-state index contributed by atoms with van der Waals surface area (Å²) in [7, 11) is 0. The molecule has 2 N–H and O–H groups in total. The smallest absolute Gasteiger partial charge is 0.346 e. The van der Waals surface area contributed by atoms with Crippen LogP contribution in [-0.4, -0.2) is 22.4 Å². The highest BCUT2D eigenvalue weighted by Crippen LogP contribution is 2.16. The first-order chi connectivity index (χ1) is 10.5. The average Bonchev–Trinajstić information content (AvgIpc) is 2.46. The van der Waals surface area contributed by atoms with Crippen molar-refractivity contribution in [3.63, 3.8) is 0 Å². The van der Waals surface area contributed by atoms with Crippen molar-refractivity contribution in [1.82, 2.24) is 15.3 Å². The molecule has 0 aliphatic heterocycles. The van der Waals surface area contributed by atoms with Gasteiger partial charge < -0.3 is 10.3 Å². The summed E-state index contributed by atoms with van der Waals surface area (Å²) in [6.45, 7) is 6.76. The highest BCUT2D eigenvalue weighted by Gasteiger charge is 2.10. The topological polar surface area (TPSA) is 74.8 Å². The van der Waals surface area contributed by atoms with Gasteiger partial charge in [0.05, 0.1) is 5.69 Å². The van der Waals surface area contributed by atoms with E-state index in [9.17, 15) is 9.59 Å². The van der Waals surface area contributed by atoms with E-state index >= 15 is 0 Å². The molecule has 2 rings (SSSR count). The lowest BCUT2D eigenvalue weighted by atomic mass is 10.1. The van der Waals surface area contributed by atoms with Gasteiger partial charge in [0, 0.05) is 12.1 Å². The van der Waals surface area contributed by atoms with Gasteiger partial charge >= 0.3 is 5.69 Å². The number of hydrogen-bond donors (Lipinski definition) is 2. The number of aryl methyl sites for hydroxylation is 1. The van der Waals surface area contributed by atoms with Crippen LogP contribution in [-0.2, 0) is 0 Å². The van der Waals surface area contributed by atoms with Crippen molar-refractivity contribution < 1.29 is 4.79 Å². The van der Waals surface area contributed by atoms with Crippen LogP contribution in [0, 0.1) is 12.8 Å². The quantitative estimate of drug-likeness (QED) is 0.891. The fourth-order valence-corrected chi connectivity index (χ4v) is 2.02. The van der Waals surface area contributed by atoms with Gasteiger partial charge in [-0.1, -0.05) is 43.7 Å². The molecule has 0 bridgehead atoms. The molecule has 0 atom stereocenters. The predicted octanol–water partition coefficient (Wildman–Crippen LogP) is 2.52. The molecule has 0 unspecified atom stereocenters. The molecule has 5 heteroatoms. The Morgan fingerprint density at radius 2 is 1.95 bits per heavy atom. The fourth-order valence-electron chi connectivity index (χ4n) is 2.02. The lowest BCUT2D eigenvalue weighted by Gasteiger charge is -2.08. The minimum absolute atomic E-state index is 0.235. The van der Waals surface area contributed by atoms with Crippen LogP contribution in [0.4, 0.5) is 0 Å². The number of nitrogens with zero attached hydrogens (tertiary/aromatic N) is 1. The second kappa shape index (κ2) is 7.02. The number of aromatic amines is 1. The summed E-state index contributed by atoms with van der Waals surface area (Å²) in [5.74, 6) is 0.230. The Balaban J connectivity index is 2.21. The van der Waals surface area contributed by atoms with Crippen molar-refractivity contribution >= 4 is 5.91 Å². The number of carbonyl (C=O) groups excluding carboxylic acids is 1. The maximum atomic E-state index is 12.1. The number of rotatable bonds is 5. The molecule has 0 fully saturated rings. The molecule has 0 saturated heterocycles. The Kier molecular flexibility index (Phi) is 5.09. The predicted molar refractivity (Wildman–Crippen MR) is 86.8 cm³/mol. The van der Waals surface area contributed by atoms with E-state index in [0.29, 0.717) is 18.2 Å². The van der Waals surface area contributed by atoms with Crippen LogP contribution in [0.3, 0.4) is 0 Å². The molecular formula is C17H21N3O2. The summed E-state index contributed by atoms with van der Waals surface area (Å²) in [4.78, 5) is 30.2. The van der Waals surface area contributed by atoms with Gasteiger partial charge in [-0.25, -0.2) is 4.79 Å². The van der Waals surface area contributed by atoms with Gasteiger partial charge in [-0.05, 0) is 25.3 Å². The number of carbonyl (C=O) groups is 1. The lowest BCUT2D eigenvalue weighted by molar-refractivity contribution is 0.0946. The Morgan fingerprint density at radius 3 is 2.59 bits per heavy atom. The molecule has 1 aromatic heterocycles. The van der Waals surface area contributed by atoms with Gasteiger partial charge in [-0.2, -0.15) is 4.98 Å². The maximum absolute atomic E-state index is 12.1. The largest absolute Gasteiger partial charge is 0.351 e. The molecule has 116 valence electrons. The van der Waals surface area contributed by atoms with E-state index in [1.165, 1.54) is 0 Å². The van der Waals surface area contributed by atoms with Crippen molar-refractivity contribution in [2.45, 2.75) is 27.2 Å². The minimum atomic E-state index is -0.521. The number of aromatic nitrogens is 2. The molecule has 0 radical (unpaired) electrons. The zero-order valence-corrected chi connectivity index (χ0v) is 13.1. The molecule has 1 heterocycles. The molecule has 0 saturated carbocycles. The summed E-state index contributed by atoms with van der Waals surface area (Å²) in [5.41, 5.74) is 2.15. The van der Waals surface area contributed by atoms with Crippen LogP contribution >= 0.6 is 0 Å². The number of hydrogen-bond acceptors (Lipinski definition) is 3. The highest BCUT2D eigenvalue weighted by atomic mass is 16.2. The molecule has 2 aromatic rings. The molecule has 1 amide bonds. The van der Waals surface area contributed by atoms with Crippen molar-refractivity contribution in [1.29, 1.82) is 0 Å². The SMILES string of the molecule is Cc1ccc(-c2cc(C(=O)NCCC(C)C)[nH]c(=O)n2)cc1. The Labute approximate surface area is 129 Å². The van der Waals surface area contributed by atoms with Crippen LogP contribution in [0.5, 0.6) is 0 Å². The van der Waals surface area contributed by atoms with E-state index < -0.39 is 5.69 Å². The van der Waals surface area contributed by atoms with Gasteiger partial charge in [0.2, 0.25) is 0 Å². The molecule has 5 nitrogen and oxygen atoms in total. The zero-order chi connectivity index (χ0) is 16.1. The third-order valence-electron chi connectivity index (χ3n) is 3.34. The first kappa shape index (κ1) is 15.9. The van der Waals surface area contributed by atoms with Crippen molar-refractivity contribution in [2.75, 3.05) is 6.54 Å². The van der Waals surface area contributed by atoms with E-state index in [-0.39, 0.29) is 11.6 Å². The first-order valence-electron chi connectivity index (χ1n) is 7.42. The standard InChI is InChI=1S/C17H21N3O2/c1-11(2)8-9-18-16(21)15-10-14(19-17(22)20-15)13-6-4-12(3)5-7-13/h4-7,10-11H,8-9H2,1-3H3,(H,18,21)(H,19,20,22). The van der Waals surface area contributed by atoms with Crippen LogP contribution < -0.4 is 11.0 Å². The summed E-state index contributed by atoms with van der Waals surface area (Å²) in [6, 6.07) is 9.27. The van der Waals surface area contributed by atoms with Crippen LogP contribution in [0.15, 0.2) is 35.1 Å². The number of benzene rings is 1. The van der Waals surface area contributed by atoms with Crippen molar-refractivity contribution in [3.05, 3.63) is 52.1 Å². The molecule has 1 aromatic carbocycles. The first-order valence-corrected chi connectivity index (χ1v) is 7.42. The zero-order valence-electron chi connectivity index (χ0n) is 13.1. The van der Waals surface area contributed by atoms with E-state index in [1.54, 1.807) is 6.07 Å². The highest BCUT2D eigenvalue weighted by molar-refractivity contribution is 5.93. The fraction of sp³-hybridized carbons (Fsp3) is 0.353. The van der Waals surface area contributed by atoms with Crippen LogP contribution in [0.25, 0.3) is 11.3 Å². The second-order valence-electron chi connectivity index (χ2n) is 5.79. The number of H-pyrrole nitrogens is 1. The normalized spacial score (nSPS) is 10.7. The number of nitrogens with one attached hydrogen (secondary N) is 2. The van der Waals surface area contributed by atoms with Gasteiger partial charge in [-0.15, -0.1) is 0 Å². The summed E-state index contributed by atoms with van der Waals surface area (Å²) < 4.78 is 0. The minimum Gasteiger partial charge on any atom is -0.351 e. The summed E-state index contributed by atoms with van der Waals surface area (Å²) >= 11 is 0. The summed E-state index contributed by atoms with van der Waals surface area (Å²) in [5, 5.41) is 2.81. The molecule has 22 heavy (non-hydrogen) atoms. The second-order valence-corrected chi connectivity index (χ2v) is 5.79.